The lowest BCUT2D eigenvalue weighted by atomic mass is 9.92. The van der Waals surface area contributed by atoms with Crippen LogP contribution in [0.15, 0.2) is 30.5 Å². The summed E-state index contributed by atoms with van der Waals surface area (Å²) >= 11 is 6.15. The van der Waals surface area contributed by atoms with Crippen molar-refractivity contribution >= 4 is 34.1 Å². The van der Waals surface area contributed by atoms with E-state index < -0.39 is 0 Å². The zero-order chi connectivity index (χ0) is 14.8. The average Bonchev–Trinajstić information content (AvgIpc) is 2.51. The van der Waals surface area contributed by atoms with Gasteiger partial charge in [-0.2, -0.15) is 0 Å². The molecule has 1 aromatic carbocycles. The van der Waals surface area contributed by atoms with Crippen molar-refractivity contribution in [3.63, 3.8) is 0 Å². The molecule has 1 saturated heterocycles. The minimum absolute atomic E-state index is 0.00896. The quantitative estimate of drug-likeness (QED) is 0.895. The Hall–Kier alpha value is -1.65. The number of aromatic nitrogens is 1. The molecule has 5 heteroatoms. The average molecular weight is 304 g/mol. The van der Waals surface area contributed by atoms with Crippen molar-refractivity contribution in [3.8, 4) is 0 Å². The fourth-order valence-electron chi connectivity index (χ4n) is 2.86. The Morgan fingerprint density at radius 3 is 3.10 bits per heavy atom. The molecule has 0 radical (unpaired) electrons. The zero-order valence-corrected chi connectivity index (χ0v) is 12.7. The second kappa shape index (κ2) is 6.00. The van der Waals surface area contributed by atoms with Crippen molar-refractivity contribution in [2.24, 2.45) is 5.92 Å². The zero-order valence-electron chi connectivity index (χ0n) is 11.9. The smallest absolute Gasteiger partial charge is 0.241 e. The standard InChI is InChI=1S/C16H18ClN3O/c1-10-4-2-8-18-14(10)16(21)20-13-7-6-12(17)15-11(13)5-3-9-19-15/h3,5-7,9-10,14,18H,2,4,8H2,1H3,(H,20,21). The molecule has 1 amide bonds. The number of pyridine rings is 1. The molecule has 4 nitrogen and oxygen atoms in total. The first-order valence-corrected chi connectivity index (χ1v) is 7.62. The Bertz CT molecular complexity index is 674. The summed E-state index contributed by atoms with van der Waals surface area (Å²) in [4.78, 5) is 16.8. The molecule has 1 aromatic heterocycles. The molecule has 21 heavy (non-hydrogen) atoms. The van der Waals surface area contributed by atoms with Crippen molar-refractivity contribution in [2.75, 3.05) is 11.9 Å². The van der Waals surface area contributed by atoms with E-state index in [4.69, 9.17) is 11.6 Å². The normalized spacial score (nSPS) is 22.2. The third-order valence-electron chi connectivity index (χ3n) is 4.03. The van der Waals surface area contributed by atoms with Gasteiger partial charge < -0.3 is 10.6 Å². The maximum absolute atomic E-state index is 12.5. The Labute approximate surface area is 128 Å². The highest BCUT2D eigenvalue weighted by atomic mass is 35.5. The summed E-state index contributed by atoms with van der Waals surface area (Å²) in [7, 11) is 0. The van der Waals surface area contributed by atoms with Crippen molar-refractivity contribution in [2.45, 2.75) is 25.8 Å². The van der Waals surface area contributed by atoms with Crippen LogP contribution in [-0.2, 0) is 4.79 Å². The van der Waals surface area contributed by atoms with Crippen LogP contribution in [0.25, 0.3) is 10.9 Å². The second-order valence-electron chi connectivity index (χ2n) is 5.54. The third kappa shape index (κ3) is 2.87. The van der Waals surface area contributed by atoms with Crippen LogP contribution in [0.5, 0.6) is 0 Å². The molecule has 1 fully saturated rings. The lowest BCUT2D eigenvalue weighted by molar-refractivity contribution is -0.119. The topological polar surface area (TPSA) is 54.0 Å². The first-order chi connectivity index (χ1) is 10.2. The number of fused-ring (bicyclic) bond motifs is 1. The highest BCUT2D eigenvalue weighted by Crippen LogP contribution is 2.28. The van der Waals surface area contributed by atoms with E-state index >= 15 is 0 Å². The van der Waals surface area contributed by atoms with Gasteiger partial charge in [-0.05, 0) is 49.6 Å². The van der Waals surface area contributed by atoms with Crippen molar-refractivity contribution < 1.29 is 4.79 Å². The Kier molecular flexibility index (Phi) is 4.08. The number of anilines is 1. The van der Waals surface area contributed by atoms with Crippen LogP contribution in [-0.4, -0.2) is 23.5 Å². The van der Waals surface area contributed by atoms with Crippen molar-refractivity contribution in [1.29, 1.82) is 0 Å². The van der Waals surface area contributed by atoms with Gasteiger partial charge in [-0.15, -0.1) is 0 Å². The highest BCUT2D eigenvalue weighted by molar-refractivity contribution is 6.35. The van der Waals surface area contributed by atoms with Crippen LogP contribution < -0.4 is 10.6 Å². The molecule has 0 bridgehead atoms. The molecule has 2 heterocycles. The highest BCUT2D eigenvalue weighted by Gasteiger charge is 2.27. The molecular formula is C16H18ClN3O. The molecule has 2 N–H and O–H groups in total. The number of piperidine rings is 1. The van der Waals surface area contributed by atoms with E-state index in [1.165, 1.54) is 0 Å². The summed E-state index contributed by atoms with van der Waals surface area (Å²) < 4.78 is 0. The van der Waals surface area contributed by atoms with Crippen molar-refractivity contribution in [3.05, 3.63) is 35.5 Å². The molecule has 0 spiro atoms. The van der Waals surface area contributed by atoms with Gasteiger partial charge in [-0.25, -0.2) is 0 Å². The Morgan fingerprint density at radius 1 is 1.43 bits per heavy atom. The maximum atomic E-state index is 12.5. The molecule has 2 unspecified atom stereocenters. The monoisotopic (exact) mass is 303 g/mol. The van der Waals surface area contributed by atoms with Crippen LogP contribution in [0, 0.1) is 5.92 Å². The summed E-state index contributed by atoms with van der Waals surface area (Å²) in [6.45, 7) is 3.00. The van der Waals surface area contributed by atoms with E-state index in [9.17, 15) is 4.79 Å². The van der Waals surface area contributed by atoms with E-state index in [-0.39, 0.29) is 11.9 Å². The minimum atomic E-state index is -0.138. The van der Waals surface area contributed by atoms with Gasteiger partial charge in [0.2, 0.25) is 5.91 Å². The first kappa shape index (κ1) is 14.3. The fraction of sp³-hybridized carbons (Fsp3) is 0.375. The van der Waals surface area contributed by atoms with Crippen LogP contribution in [0.4, 0.5) is 5.69 Å². The van der Waals surface area contributed by atoms with Crippen LogP contribution >= 0.6 is 11.6 Å². The SMILES string of the molecule is CC1CCCNC1C(=O)Nc1ccc(Cl)c2ncccc12. The number of nitrogens with zero attached hydrogens (tertiary/aromatic N) is 1. The van der Waals surface area contributed by atoms with Crippen molar-refractivity contribution in [1.82, 2.24) is 10.3 Å². The summed E-state index contributed by atoms with van der Waals surface area (Å²) in [5.41, 5.74) is 1.47. The van der Waals surface area contributed by atoms with E-state index in [2.05, 4.69) is 22.5 Å². The number of benzene rings is 1. The van der Waals surface area contributed by atoms with Gasteiger partial charge in [0.15, 0.2) is 0 Å². The van der Waals surface area contributed by atoms with Gasteiger partial charge in [-0.1, -0.05) is 18.5 Å². The van der Waals surface area contributed by atoms with E-state index in [1.807, 2.05) is 18.2 Å². The molecule has 0 saturated carbocycles. The molecule has 2 aromatic rings. The summed E-state index contributed by atoms with van der Waals surface area (Å²) in [6, 6.07) is 7.22. The number of halogens is 1. The Balaban J connectivity index is 1.88. The number of nitrogens with one attached hydrogen (secondary N) is 2. The van der Waals surface area contributed by atoms with Crippen LogP contribution in [0.3, 0.4) is 0 Å². The number of carbonyl (C=O) groups excluding carboxylic acids is 1. The third-order valence-corrected chi connectivity index (χ3v) is 4.34. The predicted molar refractivity (Wildman–Crippen MR) is 85.6 cm³/mol. The molecule has 110 valence electrons. The molecule has 0 aliphatic carbocycles. The summed E-state index contributed by atoms with van der Waals surface area (Å²) in [6.07, 6.45) is 3.90. The Morgan fingerprint density at radius 2 is 2.29 bits per heavy atom. The van der Waals surface area contributed by atoms with E-state index in [0.29, 0.717) is 16.5 Å². The fourth-order valence-corrected chi connectivity index (χ4v) is 3.07. The lowest BCUT2D eigenvalue weighted by Gasteiger charge is -2.29. The van der Waals surface area contributed by atoms with Gasteiger partial charge in [0.1, 0.15) is 0 Å². The summed E-state index contributed by atoms with van der Waals surface area (Å²) in [5, 5.41) is 7.76. The molecule has 1 aliphatic rings. The number of hydrogen-bond acceptors (Lipinski definition) is 3. The van der Waals surface area contributed by atoms with Gasteiger partial charge in [0.05, 0.1) is 22.3 Å². The molecule has 3 rings (SSSR count). The molecule has 1 aliphatic heterocycles. The van der Waals surface area contributed by atoms with Crippen LogP contribution in [0.1, 0.15) is 19.8 Å². The van der Waals surface area contributed by atoms with E-state index in [0.717, 1.165) is 30.5 Å². The van der Waals surface area contributed by atoms with Gasteiger partial charge in [0.25, 0.3) is 0 Å². The largest absolute Gasteiger partial charge is 0.324 e. The first-order valence-electron chi connectivity index (χ1n) is 7.24. The molecular weight excluding hydrogens is 286 g/mol. The summed E-state index contributed by atoms with van der Waals surface area (Å²) in [5.74, 6) is 0.352. The van der Waals surface area contributed by atoms with Gasteiger partial charge in [0, 0.05) is 11.6 Å². The maximum Gasteiger partial charge on any atom is 0.241 e. The van der Waals surface area contributed by atoms with Gasteiger partial charge in [-0.3, -0.25) is 9.78 Å². The minimum Gasteiger partial charge on any atom is -0.324 e. The van der Waals surface area contributed by atoms with E-state index in [1.54, 1.807) is 12.3 Å². The molecule has 2 atom stereocenters. The number of rotatable bonds is 2. The van der Waals surface area contributed by atoms with Gasteiger partial charge >= 0.3 is 0 Å². The predicted octanol–water partition coefficient (Wildman–Crippen LogP) is 3.21. The number of carbonyl (C=O) groups is 1. The number of amides is 1. The number of hydrogen-bond donors (Lipinski definition) is 2. The lowest BCUT2D eigenvalue weighted by Crippen LogP contribution is -2.48. The second-order valence-corrected chi connectivity index (χ2v) is 5.94. The van der Waals surface area contributed by atoms with Crippen LogP contribution in [0.2, 0.25) is 5.02 Å².